The van der Waals surface area contributed by atoms with Gasteiger partial charge in [0.1, 0.15) is 0 Å². The second-order valence-corrected chi connectivity index (χ2v) is 7.06. The molecule has 0 aliphatic carbocycles. The van der Waals surface area contributed by atoms with Crippen molar-refractivity contribution in [1.29, 1.82) is 0 Å². The molecule has 3 atom stereocenters. The zero-order chi connectivity index (χ0) is 15.5. The van der Waals surface area contributed by atoms with Gasteiger partial charge >= 0.3 is 0 Å². The van der Waals surface area contributed by atoms with Crippen LogP contribution in [0, 0.1) is 5.92 Å². The Bertz CT molecular complexity index is 492. The average molecular weight is 317 g/mol. The van der Waals surface area contributed by atoms with Crippen LogP contribution in [0.3, 0.4) is 0 Å². The Balaban J connectivity index is 1.35. The summed E-state index contributed by atoms with van der Waals surface area (Å²) >= 11 is 0. The van der Waals surface area contributed by atoms with Gasteiger partial charge in [-0.1, -0.05) is 0 Å². The third-order valence-corrected chi connectivity index (χ3v) is 5.54. The molecule has 3 aliphatic heterocycles. The van der Waals surface area contributed by atoms with Crippen molar-refractivity contribution >= 4 is 0 Å². The molecule has 0 amide bonds. The molecule has 4 rings (SSSR count). The van der Waals surface area contributed by atoms with E-state index in [1.165, 1.54) is 24.9 Å². The molecule has 0 bridgehead atoms. The third kappa shape index (κ3) is 3.74. The molecule has 5 heteroatoms. The highest BCUT2D eigenvalue weighted by Gasteiger charge is 2.36. The normalized spacial score (nSPS) is 33.3. The monoisotopic (exact) mass is 317 g/mol. The number of piperidine rings is 1. The minimum atomic E-state index is 0.395. The summed E-state index contributed by atoms with van der Waals surface area (Å²) in [6, 6.07) is 4.86. The summed E-state index contributed by atoms with van der Waals surface area (Å²) in [6.45, 7) is 8.16. The van der Waals surface area contributed by atoms with E-state index in [2.05, 4.69) is 26.9 Å². The second kappa shape index (κ2) is 7.26. The molecule has 0 unspecified atom stereocenters. The first-order valence-corrected chi connectivity index (χ1v) is 8.93. The van der Waals surface area contributed by atoms with Crippen molar-refractivity contribution in [3.8, 4) is 0 Å². The Labute approximate surface area is 138 Å². The number of hydrogen-bond donors (Lipinski definition) is 0. The Morgan fingerprint density at radius 1 is 1.09 bits per heavy atom. The SMILES string of the molecule is c1cc(CN2CCO[C@@H]3CN([C@H]4CCOC4)CC[C@@H]3C2)ccn1. The fourth-order valence-corrected chi connectivity index (χ4v) is 4.17. The lowest BCUT2D eigenvalue weighted by Crippen LogP contribution is -2.50. The summed E-state index contributed by atoms with van der Waals surface area (Å²) in [7, 11) is 0. The van der Waals surface area contributed by atoms with Crippen molar-refractivity contribution in [3.63, 3.8) is 0 Å². The van der Waals surface area contributed by atoms with Crippen LogP contribution in [0.4, 0.5) is 0 Å². The van der Waals surface area contributed by atoms with E-state index < -0.39 is 0 Å². The molecule has 1 aromatic heterocycles. The van der Waals surface area contributed by atoms with Crippen LogP contribution in [-0.4, -0.2) is 72.9 Å². The summed E-state index contributed by atoms with van der Waals surface area (Å²) < 4.78 is 11.8. The maximum absolute atomic E-state index is 6.23. The first kappa shape index (κ1) is 15.5. The summed E-state index contributed by atoms with van der Waals surface area (Å²) in [4.78, 5) is 9.26. The average Bonchev–Trinajstić information content (AvgIpc) is 3.04. The van der Waals surface area contributed by atoms with Gasteiger partial charge in [-0.3, -0.25) is 14.8 Å². The summed E-state index contributed by atoms with van der Waals surface area (Å²) in [5.74, 6) is 0.665. The van der Waals surface area contributed by atoms with Crippen molar-refractivity contribution in [2.45, 2.75) is 31.5 Å². The Morgan fingerprint density at radius 2 is 2.00 bits per heavy atom. The van der Waals surface area contributed by atoms with E-state index in [4.69, 9.17) is 9.47 Å². The summed E-state index contributed by atoms with van der Waals surface area (Å²) in [6.07, 6.45) is 6.59. The van der Waals surface area contributed by atoms with Gasteiger partial charge < -0.3 is 9.47 Å². The molecule has 5 nitrogen and oxygen atoms in total. The van der Waals surface area contributed by atoms with Crippen LogP contribution in [0.1, 0.15) is 18.4 Å². The molecule has 0 aromatic carbocycles. The second-order valence-electron chi connectivity index (χ2n) is 7.06. The van der Waals surface area contributed by atoms with Gasteiger partial charge in [0.15, 0.2) is 0 Å². The smallest absolute Gasteiger partial charge is 0.0743 e. The molecular formula is C18H27N3O2. The maximum atomic E-state index is 6.23. The van der Waals surface area contributed by atoms with Crippen molar-refractivity contribution < 1.29 is 9.47 Å². The summed E-state index contributed by atoms with van der Waals surface area (Å²) in [5.41, 5.74) is 1.35. The lowest BCUT2D eigenvalue weighted by Gasteiger charge is -2.40. The van der Waals surface area contributed by atoms with E-state index >= 15 is 0 Å². The highest BCUT2D eigenvalue weighted by Crippen LogP contribution is 2.27. The lowest BCUT2D eigenvalue weighted by atomic mass is 9.92. The fourth-order valence-electron chi connectivity index (χ4n) is 4.17. The Morgan fingerprint density at radius 3 is 2.83 bits per heavy atom. The van der Waals surface area contributed by atoms with Crippen molar-refractivity contribution in [3.05, 3.63) is 30.1 Å². The number of fused-ring (bicyclic) bond motifs is 1. The maximum Gasteiger partial charge on any atom is 0.0743 e. The molecule has 23 heavy (non-hydrogen) atoms. The van der Waals surface area contributed by atoms with E-state index in [1.54, 1.807) is 0 Å². The first-order valence-electron chi connectivity index (χ1n) is 8.93. The fraction of sp³-hybridized carbons (Fsp3) is 0.722. The zero-order valence-electron chi connectivity index (χ0n) is 13.8. The predicted molar refractivity (Wildman–Crippen MR) is 88.2 cm³/mol. The lowest BCUT2D eigenvalue weighted by molar-refractivity contribution is -0.0346. The standard InChI is InChI=1S/C18H27N3O2/c1-5-19-6-2-15(1)11-20-8-10-23-18-13-21(7-3-16(18)12-20)17-4-9-22-14-17/h1-2,5-6,16-18H,3-4,7-14H2/t16-,17+,18-/m1/s1. The molecule has 1 aromatic rings. The van der Waals surface area contributed by atoms with Crippen LogP contribution in [-0.2, 0) is 16.0 Å². The topological polar surface area (TPSA) is 37.8 Å². The van der Waals surface area contributed by atoms with Crippen molar-refractivity contribution in [2.24, 2.45) is 5.92 Å². The van der Waals surface area contributed by atoms with Crippen molar-refractivity contribution in [2.75, 3.05) is 46.0 Å². The number of hydrogen-bond acceptors (Lipinski definition) is 5. The van der Waals surface area contributed by atoms with Gasteiger partial charge in [-0.05, 0) is 37.1 Å². The van der Waals surface area contributed by atoms with Gasteiger partial charge in [0.05, 0.1) is 19.3 Å². The quantitative estimate of drug-likeness (QED) is 0.842. The highest BCUT2D eigenvalue weighted by atomic mass is 16.5. The van der Waals surface area contributed by atoms with E-state index in [0.717, 1.165) is 46.0 Å². The number of ether oxygens (including phenoxy) is 2. The van der Waals surface area contributed by atoms with Gasteiger partial charge in [-0.15, -0.1) is 0 Å². The third-order valence-electron chi connectivity index (χ3n) is 5.54. The zero-order valence-corrected chi connectivity index (χ0v) is 13.8. The van der Waals surface area contributed by atoms with Crippen LogP contribution in [0.2, 0.25) is 0 Å². The molecular weight excluding hydrogens is 290 g/mol. The molecule has 0 saturated carbocycles. The van der Waals surface area contributed by atoms with Crippen LogP contribution in [0.5, 0.6) is 0 Å². The van der Waals surface area contributed by atoms with E-state index in [0.29, 0.717) is 18.1 Å². The molecule has 4 heterocycles. The highest BCUT2D eigenvalue weighted by molar-refractivity contribution is 5.09. The minimum absolute atomic E-state index is 0.395. The molecule has 0 N–H and O–H groups in total. The number of rotatable bonds is 3. The van der Waals surface area contributed by atoms with Gasteiger partial charge in [-0.2, -0.15) is 0 Å². The van der Waals surface area contributed by atoms with Gasteiger partial charge in [0, 0.05) is 57.1 Å². The van der Waals surface area contributed by atoms with Crippen molar-refractivity contribution in [1.82, 2.24) is 14.8 Å². The molecule has 0 spiro atoms. The number of nitrogens with zero attached hydrogens (tertiary/aromatic N) is 3. The van der Waals surface area contributed by atoms with Gasteiger partial charge in [-0.25, -0.2) is 0 Å². The van der Waals surface area contributed by atoms with E-state index in [9.17, 15) is 0 Å². The van der Waals surface area contributed by atoms with Crippen LogP contribution in [0.25, 0.3) is 0 Å². The Hall–Kier alpha value is -1.01. The molecule has 3 fully saturated rings. The summed E-state index contributed by atoms with van der Waals surface area (Å²) in [5, 5.41) is 0. The number of likely N-dealkylation sites (tertiary alicyclic amines) is 1. The minimum Gasteiger partial charge on any atom is -0.380 e. The van der Waals surface area contributed by atoms with Crippen LogP contribution < -0.4 is 0 Å². The van der Waals surface area contributed by atoms with Gasteiger partial charge in [0.25, 0.3) is 0 Å². The van der Waals surface area contributed by atoms with Gasteiger partial charge in [0.2, 0.25) is 0 Å². The van der Waals surface area contributed by atoms with E-state index in [1.807, 2.05) is 12.4 Å². The van der Waals surface area contributed by atoms with Crippen LogP contribution in [0.15, 0.2) is 24.5 Å². The molecule has 3 aliphatic rings. The Kier molecular flexibility index (Phi) is 4.90. The predicted octanol–water partition coefficient (Wildman–Crippen LogP) is 1.39. The first-order chi connectivity index (χ1) is 11.4. The number of pyridine rings is 1. The number of aromatic nitrogens is 1. The molecule has 0 radical (unpaired) electrons. The van der Waals surface area contributed by atoms with E-state index in [-0.39, 0.29) is 0 Å². The molecule has 3 saturated heterocycles. The molecule has 126 valence electrons. The largest absolute Gasteiger partial charge is 0.380 e. The van der Waals surface area contributed by atoms with Crippen LogP contribution >= 0.6 is 0 Å².